The van der Waals surface area contributed by atoms with E-state index < -0.39 is 4.92 Å². The Morgan fingerprint density at radius 3 is 2.45 bits per heavy atom. The lowest BCUT2D eigenvalue weighted by molar-refractivity contribution is -0.384. The molecule has 0 spiro atoms. The number of non-ortho nitro benzene ring substituents is 1. The van der Waals surface area contributed by atoms with Crippen LogP contribution in [-0.4, -0.2) is 4.92 Å². The Kier molecular flexibility index (Phi) is 4.62. The molecule has 0 aliphatic rings. The Balaban J connectivity index is 2.17. The van der Waals surface area contributed by atoms with Crippen LogP contribution in [0.15, 0.2) is 46.9 Å². The molecule has 0 saturated carbocycles. The molecule has 0 radical (unpaired) electrons. The van der Waals surface area contributed by atoms with Crippen LogP contribution in [-0.2, 0) is 0 Å². The highest BCUT2D eigenvalue weighted by Crippen LogP contribution is 2.29. The predicted octanol–water partition coefficient (Wildman–Crippen LogP) is 5.18. The standard InChI is InChI=1S/C14H12BrClN2O2/c1-9(10-2-4-11(15)5-3-10)17-14-7-6-12(18(19)20)8-13(14)16/h2-9,17H,1H3. The fraction of sp³-hybridized carbons (Fsp3) is 0.143. The van der Waals surface area contributed by atoms with E-state index in [2.05, 4.69) is 21.2 Å². The summed E-state index contributed by atoms with van der Waals surface area (Å²) in [4.78, 5) is 10.2. The zero-order valence-corrected chi connectivity index (χ0v) is 13.0. The van der Waals surface area contributed by atoms with E-state index in [-0.39, 0.29) is 11.7 Å². The minimum absolute atomic E-state index is 0.0168. The van der Waals surface area contributed by atoms with Gasteiger partial charge in [0.15, 0.2) is 0 Å². The van der Waals surface area contributed by atoms with Crippen molar-refractivity contribution in [1.29, 1.82) is 0 Å². The van der Waals surface area contributed by atoms with Gasteiger partial charge in [-0.25, -0.2) is 0 Å². The number of halogens is 2. The molecule has 1 atom stereocenters. The van der Waals surface area contributed by atoms with Crippen LogP contribution in [0.5, 0.6) is 0 Å². The number of nitro groups is 1. The van der Waals surface area contributed by atoms with Gasteiger partial charge >= 0.3 is 0 Å². The second-order valence-corrected chi connectivity index (χ2v) is 5.66. The van der Waals surface area contributed by atoms with Crippen LogP contribution in [0.2, 0.25) is 5.02 Å². The SMILES string of the molecule is CC(Nc1ccc([N+](=O)[O-])cc1Cl)c1ccc(Br)cc1. The summed E-state index contributed by atoms with van der Waals surface area (Å²) >= 11 is 9.44. The van der Waals surface area contributed by atoms with E-state index in [1.54, 1.807) is 6.07 Å². The van der Waals surface area contributed by atoms with Crippen molar-refractivity contribution < 1.29 is 4.92 Å². The summed E-state index contributed by atoms with van der Waals surface area (Å²) in [6.07, 6.45) is 0. The van der Waals surface area contributed by atoms with Crippen molar-refractivity contribution in [3.8, 4) is 0 Å². The summed E-state index contributed by atoms with van der Waals surface area (Å²) in [5.41, 5.74) is 1.76. The van der Waals surface area contributed by atoms with Crippen molar-refractivity contribution in [2.45, 2.75) is 13.0 Å². The molecule has 0 amide bonds. The Morgan fingerprint density at radius 1 is 1.25 bits per heavy atom. The molecule has 1 N–H and O–H groups in total. The molecule has 1 unspecified atom stereocenters. The van der Waals surface area contributed by atoms with Crippen molar-refractivity contribution in [1.82, 2.24) is 0 Å². The van der Waals surface area contributed by atoms with Gasteiger partial charge in [0, 0.05) is 22.6 Å². The maximum Gasteiger partial charge on any atom is 0.271 e. The summed E-state index contributed by atoms with van der Waals surface area (Å²) in [6.45, 7) is 2.00. The van der Waals surface area contributed by atoms with E-state index in [1.165, 1.54) is 12.1 Å². The smallest absolute Gasteiger partial charge is 0.271 e. The molecule has 0 aliphatic heterocycles. The second kappa shape index (κ2) is 6.24. The lowest BCUT2D eigenvalue weighted by Gasteiger charge is -2.16. The van der Waals surface area contributed by atoms with E-state index >= 15 is 0 Å². The summed E-state index contributed by atoms with van der Waals surface area (Å²) in [5, 5.41) is 14.2. The van der Waals surface area contributed by atoms with Gasteiger partial charge in [0.2, 0.25) is 0 Å². The topological polar surface area (TPSA) is 55.2 Å². The Bertz CT molecular complexity index is 632. The minimum Gasteiger partial charge on any atom is -0.377 e. The Morgan fingerprint density at radius 2 is 1.90 bits per heavy atom. The number of rotatable bonds is 4. The number of anilines is 1. The van der Waals surface area contributed by atoms with E-state index in [4.69, 9.17) is 11.6 Å². The molecule has 2 aromatic rings. The largest absolute Gasteiger partial charge is 0.377 e. The quantitative estimate of drug-likeness (QED) is 0.607. The van der Waals surface area contributed by atoms with E-state index in [0.717, 1.165) is 10.0 Å². The number of nitrogens with zero attached hydrogens (tertiary/aromatic N) is 1. The first-order valence-electron chi connectivity index (χ1n) is 5.93. The number of nitrogens with one attached hydrogen (secondary N) is 1. The van der Waals surface area contributed by atoms with Gasteiger partial charge in [0.05, 0.1) is 15.6 Å². The fourth-order valence-electron chi connectivity index (χ4n) is 1.80. The molecule has 20 heavy (non-hydrogen) atoms. The highest BCUT2D eigenvalue weighted by Gasteiger charge is 2.12. The van der Waals surface area contributed by atoms with Crippen LogP contribution in [0.1, 0.15) is 18.5 Å². The number of hydrogen-bond acceptors (Lipinski definition) is 3. The van der Waals surface area contributed by atoms with E-state index in [0.29, 0.717) is 10.7 Å². The van der Waals surface area contributed by atoms with E-state index in [9.17, 15) is 10.1 Å². The molecular formula is C14H12BrClN2O2. The lowest BCUT2D eigenvalue weighted by atomic mass is 10.1. The van der Waals surface area contributed by atoms with Crippen LogP contribution < -0.4 is 5.32 Å². The molecule has 0 fully saturated rings. The number of hydrogen-bond donors (Lipinski definition) is 1. The summed E-state index contributed by atoms with van der Waals surface area (Å²) in [5.74, 6) is 0. The van der Waals surface area contributed by atoms with Gasteiger partial charge in [-0.15, -0.1) is 0 Å². The van der Waals surface area contributed by atoms with Crippen LogP contribution in [0, 0.1) is 10.1 Å². The highest BCUT2D eigenvalue weighted by atomic mass is 79.9. The van der Waals surface area contributed by atoms with Gasteiger partial charge < -0.3 is 5.32 Å². The fourth-order valence-corrected chi connectivity index (χ4v) is 2.30. The van der Waals surface area contributed by atoms with Gasteiger partial charge in [-0.3, -0.25) is 10.1 Å². The summed E-state index contributed by atoms with van der Waals surface area (Å²) in [7, 11) is 0. The zero-order chi connectivity index (χ0) is 14.7. The van der Waals surface area contributed by atoms with Crippen LogP contribution in [0.3, 0.4) is 0 Å². The average molecular weight is 356 g/mol. The van der Waals surface area contributed by atoms with Crippen molar-refractivity contribution in [2.75, 3.05) is 5.32 Å². The first-order valence-corrected chi connectivity index (χ1v) is 7.10. The molecule has 0 bridgehead atoms. The maximum atomic E-state index is 10.7. The normalized spacial score (nSPS) is 11.9. The van der Waals surface area contributed by atoms with Crippen molar-refractivity contribution in [3.63, 3.8) is 0 Å². The highest BCUT2D eigenvalue weighted by molar-refractivity contribution is 9.10. The third kappa shape index (κ3) is 3.49. The molecular weight excluding hydrogens is 344 g/mol. The maximum absolute atomic E-state index is 10.7. The van der Waals surface area contributed by atoms with Crippen LogP contribution >= 0.6 is 27.5 Å². The minimum atomic E-state index is -0.464. The van der Waals surface area contributed by atoms with Crippen LogP contribution in [0.4, 0.5) is 11.4 Å². The van der Waals surface area contributed by atoms with Crippen LogP contribution in [0.25, 0.3) is 0 Å². The van der Waals surface area contributed by atoms with Gasteiger partial charge in [-0.1, -0.05) is 39.7 Å². The van der Waals surface area contributed by atoms with Crippen molar-refractivity contribution >= 4 is 38.9 Å². The molecule has 4 nitrogen and oxygen atoms in total. The molecule has 6 heteroatoms. The van der Waals surface area contributed by atoms with Crippen molar-refractivity contribution in [2.24, 2.45) is 0 Å². The second-order valence-electron chi connectivity index (χ2n) is 4.34. The Hall–Kier alpha value is -1.59. The molecule has 104 valence electrons. The molecule has 2 rings (SSSR count). The number of nitro benzene ring substituents is 1. The van der Waals surface area contributed by atoms with Crippen molar-refractivity contribution in [3.05, 3.63) is 67.6 Å². The predicted molar refractivity (Wildman–Crippen MR) is 84.3 cm³/mol. The molecule has 0 saturated heterocycles. The molecule has 2 aromatic carbocycles. The lowest BCUT2D eigenvalue weighted by Crippen LogP contribution is -2.07. The monoisotopic (exact) mass is 354 g/mol. The molecule has 0 aliphatic carbocycles. The molecule has 0 heterocycles. The summed E-state index contributed by atoms with van der Waals surface area (Å²) in [6, 6.07) is 12.4. The average Bonchev–Trinajstić information content (AvgIpc) is 2.41. The van der Waals surface area contributed by atoms with Gasteiger partial charge in [-0.05, 0) is 30.7 Å². The third-order valence-corrected chi connectivity index (χ3v) is 3.75. The van der Waals surface area contributed by atoms with E-state index in [1.807, 2.05) is 31.2 Å². The van der Waals surface area contributed by atoms with Gasteiger partial charge in [-0.2, -0.15) is 0 Å². The van der Waals surface area contributed by atoms with Gasteiger partial charge in [0.25, 0.3) is 5.69 Å². The molecule has 0 aromatic heterocycles. The first kappa shape index (κ1) is 14.8. The zero-order valence-electron chi connectivity index (χ0n) is 10.6. The summed E-state index contributed by atoms with van der Waals surface area (Å²) < 4.78 is 1.02. The third-order valence-electron chi connectivity index (χ3n) is 2.91. The Labute approximate surface area is 130 Å². The first-order chi connectivity index (χ1) is 9.47. The van der Waals surface area contributed by atoms with Gasteiger partial charge in [0.1, 0.15) is 0 Å². The number of benzene rings is 2.